The number of carbonyl (C=O) groups excluding carboxylic acids is 1. The Morgan fingerprint density at radius 3 is 2.54 bits per heavy atom. The topological polar surface area (TPSA) is 58.6 Å². The molecular formula is C19H24N4O2S. The average molecular weight is 372 g/mol. The molecule has 1 amide bonds. The fourth-order valence-corrected chi connectivity index (χ4v) is 4.62. The van der Waals surface area contributed by atoms with E-state index in [2.05, 4.69) is 14.9 Å². The number of amides is 1. The van der Waals surface area contributed by atoms with Crippen molar-refractivity contribution in [2.75, 3.05) is 37.7 Å². The van der Waals surface area contributed by atoms with E-state index in [1.807, 2.05) is 36.9 Å². The molecule has 0 radical (unpaired) electrons. The number of rotatable bonds is 3. The van der Waals surface area contributed by atoms with Gasteiger partial charge in [0, 0.05) is 49.1 Å². The predicted molar refractivity (Wildman–Crippen MR) is 102 cm³/mol. The zero-order valence-corrected chi connectivity index (χ0v) is 16.1. The van der Waals surface area contributed by atoms with Crippen LogP contribution in [-0.4, -0.2) is 53.6 Å². The molecule has 0 aromatic carbocycles. The van der Waals surface area contributed by atoms with Crippen LogP contribution in [-0.2, 0) is 4.74 Å². The lowest BCUT2D eigenvalue weighted by Crippen LogP contribution is -2.49. The van der Waals surface area contributed by atoms with Gasteiger partial charge in [-0.25, -0.2) is 9.97 Å². The molecule has 0 bridgehead atoms. The largest absolute Gasteiger partial charge is 0.373 e. The number of aryl methyl sites for hydroxylation is 2. The molecule has 2 aliphatic heterocycles. The summed E-state index contributed by atoms with van der Waals surface area (Å²) in [4.78, 5) is 28.0. The van der Waals surface area contributed by atoms with Gasteiger partial charge in [0.05, 0.1) is 11.0 Å². The van der Waals surface area contributed by atoms with Crippen molar-refractivity contribution in [2.24, 2.45) is 0 Å². The number of nitrogens with zero attached hydrogens (tertiary/aromatic N) is 4. The van der Waals surface area contributed by atoms with E-state index in [1.54, 1.807) is 11.3 Å². The molecule has 26 heavy (non-hydrogen) atoms. The maximum atomic E-state index is 12.8. The van der Waals surface area contributed by atoms with E-state index >= 15 is 0 Å². The third-order valence-corrected chi connectivity index (χ3v) is 6.07. The average Bonchev–Trinajstić information content (AvgIpc) is 3.32. The first-order valence-corrected chi connectivity index (χ1v) is 9.99. The van der Waals surface area contributed by atoms with Crippen LogP contribution in [0.25, 0.3) is 0 Å². The first-order valence-electron chi connectivity index (χ1n) is 9.18. The highest BCUT2D eigenvalue weighted by molar-refractivity contribution is 7.14. The molecule has 0 N–H and O–H groups in total. The number of thiophene rings is 1. The summed E-state index contributed by atoms with van der Waals surface area (Å²) >= 11 is 1.58. The minimum absolute atomic E-state index is 0.125. The van der Waals surface area contributed by atoms with Gasteiger partial charge in [-0.2, -0.15) is 0 Å². The summed E-state index contributed by atoms with van der Waals surface area (Å²) in [5, 5.41) is 0. The second-order valence-corrected chi connectivity index (χ2v) is 8.05. The maximum Gasteiger partial charge on any atom is 0.264 e. The number of hydrogen-bond acceptors (Lipinski definition) is 6. The number of ether oxygens (including phenoxy) is 1. The highest BCUT2D eigenvalue weighted by atomic mass is 32.1. The highest BCUT2D eigenvalue weighted by Crippen LogP contribution is 2.33. The Morgan fingerprint density at radius 2 is 1.88 bits per heavy atom. The molecule has 2 aromatic heterocycles. The zero-order valence-electron chi connectivity index (χ0n) is 15.3. The summed E-state index contributed by atoms with van der Waals surface area (Å²) in [6.07, 6.45) is 2.34. The molecule has 0 unspecified atom stereocenters. The van der Waals surface area contributed by atoms with Gasteiger partial charge in [0.15, 0.2) is 0 Å². The summed E-state index contributed by atoms with van der Waals surface area (Å²) in [7, 11) is 0. The number of anilines is 1. The van der Waals surface area contributed by atoms with Crippen LogP contribution in [0.15, 0.2) is 18.2 Å². The van der Waals surface area contributed by atoms with Crippen molar-refractivity contribution >= 4 is 23.2 Å². The summed E-state index contributed by atoms with van der Waals surface area (Å²) in [5.41, 5.74) is 1.96. The van der Waals surface area contributed by atoms with Crippen LogP contribution < -0.4 is 4.90 Å². The molecule has 7 heteroatoms. The molecule has 2 aliphatic rings. The van der Waals surface area contributed by atoms with Crippen molar-refractivity contribution in [2.45, 2.75) is 32.8 Å². The van der Waals surface area contributed by atoms with Crippen LogP contribution in [0.1, 0.15) is 44.9 Å². The second kappa shape index (κ2) is 7.32. The molecule has 2 aromatic rings. The molecule has 1 atom stereocenters. The Labute approximate surface area is 157 Å². The van der Waals surface area contributed by atoms with Gasteiger partial charge in [-0.3, -0.25) is 4.79 Å². The number of carbonyl (C=O) groups is 1. The van der Waals surface area contributed by atoms with E-state index in [0.717, 1.165) is 54.8 Å². The summed E-state index contributed by atoms with van der Waals surface area (Å²) in [6, 6.07) is 5.97. The van der Waals surface area contributed by atoms with E-state index in [-0.39, 0.29) is 12.0 Å². The van der Waals surface area contributed by atoms with Gasteiger partial charge < -0.3 is 14.5 Å². The lowest BCUT2D eigenvalue weighted by molar-refractivity contribution is 0.0751. The number of aromatic nitrogens is 2. The molecule has 4 rings (SSSR count). The van der Waals surface area contributed by atoms with Gasteiger partial charge in [0.1, 0.15) is 0 Å². The Kier molecular flexibility index (Phi) is 4.91. The fourth-order valence-electron chi connectivity index (χ4n) is 3.56. The molecule has 0 aliphatic carbocycles. The standard InChI is InChI=1S/C19H24N4O2S/c1-13-12-14(2)21-19(20-13)23-9-7-22(8-10-23)18(24)17-6-5-16(26-17)15-4-3-11-25-15/h5-6,12,15H,3-4,7-11H2,1-2H3/t15-/m1/s1. The second-order valence-electron chi connectivity index (χ2n) is 6.93. The zero-order chi connectivity index (χ0) is 18.1. The van der Waals surface area contributed by atoms with Gasteiger partial charge in [0.2, 0.25) is 5.95 Å². The van der Waals surface area contributed by atoms with Crippen LogP contribution in [0.5, 0.6) is 0 Å². The number of piperazine rings is 1. The van der Waals surface area contributed by atoms with Gasteiger partial charge in [-0.1, -0.05) is 0 Å². The summed E-state index contributed by atoms with van der Waals surface area (Å²) < 4.78 is 5.72. The third-order valence-electron chi connectivity index (χ3n) is 4.90. The van der Waals surface area contributed by atoms with E-state index in [9.17, 15) is 4.79 Å². The first kappa shape index (κ1) is 17.4. The van der Waals surface area contributed by atoms with Crippen molar-refractivity contribution in [1.29, 1.82) is 0 Å². The van der Waals surface area contributed by atoms with Crippen LogP contribution >= 0.6 is 11.3 Å². The lowest BCUT2D eigenvalue weighted by Gasteiger charge is -2.34. The highest BCUT2D eigenvalue weighted by Gasteiger charge is 2.26. The van der Waals surface area contributed by atoms with Crippen molar-refractivity contribution in [3.63, 3.8) is 0 Å². The molecule has 6 nitrogen and oxygen atoms in total. The lowest BCUT2D eigenvalue weighted by atomic mass is 10.2. The maximum absolute atomic E-state index is 12.8. The molecule has 2 fully saturated rings. The summed E-state index contributed by atoms with van der Waals surface area (Å²) in [5.74, 6) is 0.895. The van der Waals surface area contributed by atoms with Crippen LogP contribution in [0.2, 0.25) is 0 Å². The van der Waals surface area contributed by atoms with E-state index in [4.69, 9.17) is 4.74 Å². The smallest absolute Gasteiger partial charge is 0.264 e. The normalized spacial score (nSPS) is 20.6. The molecule has 4 heterocycles. The Hall–Kier alpha value is -1.99. The van der Waals surface area contributed by atoms with Crippen LogP contribution in [0.3, 0.4) is 0 Å². The summed E-state index contributed by atoms with van der Waals surface area (Å²) in [6.45, 7) is 7.72. The van der Waals surface area contributed by atoms with Crippen molar-refractivity contribution in [3.05, 3.63) is 39.3 Å². The van der Waals surface area contributed by atoms with E-state index in [0.29, 0.717) is 13.1 Å². The quantitative estimate of drug-likeness (QED) is 0.829. The van der Waals surface area contributed by atoms with Crippen LogP contribution in [0, 0.1) is 13.8 Å². The van der Waals surface area contributed by atoms with Gasteiger partial charge in [0.25, 0.3) is 5.91 Å². The minimum atomic E-state index is 0.125. The predicted octanol–water partition coefficient (Wildman–Crippen LogP) is 2.97. The van der Waals surface area contributed by atoms with Crippen molar-refractivity contribution in [3.8, 4) is 0 Å². The minimum Gasteiger partial charge on any atom is -0.373 e. The Balaban J connectivity index is 1.39. The molecular weight excluding hydrogens is 348 g/mol. The monoisotopic (exact) mass is 372 g/mol. The van der Waals surface area contributed by atoms with E-state index in [1.165, 1.54) is 4.88 Å². The van der Waals surface area contributed by atoms with Crippen molar-refractivity contribution < 1.29 is 9.53 Å². The number of hydrogen-bond donors (Lipinski definition) is 0. The Morgan fingerprint density at radius 1 is 1.15 bits per heavy atom. The molecule has 0 spiro atoms. The first-order chi connectivity index (χ1) is 12.6. The van der Waals surface area contributed by atoms with E-state index < -0.39 is 0 Å². The van der Waals surface area contributed by atoms with Gasteiger partial charge in [-0.15, -0.1) is 11.3 Å². The molecule has 2 saturated heterocycles. The van der Waals surface area contributed by atoms with Crippen LogP contribution in [0.4, 0.5) is 5.95 Å². The molecule has 138 valence electrons. The SMILES string of the molecule is Cc1cc(C)nc(N2CCN(C(=O)c3ccc([C@H]4CCCO4)s3)CC2)n1. The van der Waals surface area contributed by atoms with Gasteiger partial charge in [-0.05, 0) is 44.9 Å². The Bertz CT molecular complexity index is 772. The van der Waals surface area contributed by atoms with Gasteiger partial charge >= 0.3 is 0 Å². The van der Waals surface area contributed by atoms with Crippen molar-refractivity contribution in [1.82, 2.24) is 14.9 Å². The third kappa shape index (κ3) is 3.59. The molecule has 0 saturated carbocycles. The fraction of sp³-hybridized carbons (Fsp3) is 0.526.